The molecule has 1 unspecified atom stereocenters. The first-order chi connectivity index (χ1) is 8.72. The largest absolute Gasteiger partial charge is 0.376 e. The van der Waals surface area contributed by atoms with Gasteiger partial charge in [-0.3, -0.25) is 0 Å². The molecule has 2 aromatic rings. The van der Waals surface area contributed by atoms with Crippen LogP contribution in [0.4, 0.5) is 0 Å². The van der Waals surface area contributed by atoms with E-state index in [-0.39, 0.29) is 6.10 Å². The minimum Gasteiger partial charge on any atom is -0.376 e. The average molecular weight is 240 g/mol. The van der Waals surface area contributed by atoms with Crippen molar-refractivity contribution in [3.05, 3.63) is 70.8 Å². The lowest BCUT2D eigenvalue weighted by Gasteiger charge is -2.19. The van der Waals surface area contributed by atoms with Gasteiger partial charge in [-0.15, -0.1) is 0 Å². The molecule has 0 aromatic heterocycles. The van der Waals surface area contributed by atoms with Gasteiger partial charge >= 0.3 is 0 Å². The van der Waals surface area contributed by atoms with Crippen molar-refractivity contribution in [2.24, 2.45) is 0 Å². The summed E-state index contributed by atoms with van der Waals surface area (Å²) in [4.78, 5) is 0. The van der Waals surface area contributed by atoms with Crippen LogP contribution < -0.4 is 0 Å². The molecule has 0 aliphatic carbocycles. The lowest BCUT2D eigenvalue weighted by molar-refractivity contribution is 0.103. The Bertz CT molecular complexity index is 517. The van der Waals surface area contributed by atoms with Gasteiger partial charge in [0.2, 0.25) is 0 Å². The predicted octanol–water partition coefficient (Wildman–Crippen LogP) is 4.23. The molecule has 1 atom stereocenters. The Hall–Kier alpha value is -1.60. The first kappa shape index (κ1) is 12.8. The Kier molecular flexibility index (Phi) is 4.16. The Morgan fingerprint density at radius 3 is 2.11 bits per heavy atom. The van der Waals surface area contributed by atoms with Crippen molar-refractivity contribution in [1.82, 2.24) is 0 Å². The zero-order valence-electron chi connectivity index (χ0n) is 11.3. The van der Waals surface area contributed by atoms with E-state index in [1.54, 1.807) is 7.11 Å². The maximum absolute atomic E-state index is 5.68. The standard InChI is InChI=1S/C17H20O/c1-13-8-4-6-10-15(13)12-17(18-3)16-11-7-5-9-14(16)2/h4-11,17H,12H2,1-3H3. The van der Waals surface area contributed by atoms with Gasteiger partial charge in [0.25, 0.3) is 0 Å². The SMILES string of the molecule is COC(Cc1ccccc1C)c1ccccc1C. The molecule has 0 spiro atoms. The molecule has 0 N–H and O–H groups in total. The number of aryl methyl sites for hydroxylation is 2. The fraction of sp³-hybridized carbons (Fsp3) is 0.294. The van der Waals surface area contributed by atoms with Crippen LogP contribution in [0.3, 0.4) is 0 Å². The van der Waals surface area contributed by atoms with Crippen molar-refractivity contribution in [2.75, 3.05) is 7.11 Å². The molecule has 1 heteroatoms. The zero-order valence-corrected chi connectivity index (χ0v) is 11.3. The normalized spacial score (nSPS) is 12.4. The lowest BCUT2D eigenvalue weighted by Crippen LogP contribution is -2.08. The number of hydrogen-bond acceptors (Lipinski definition) is 1. The summed E-state index contributed by atoms with van der Waals surface area (Å²) in [7, 11) is 1.79. The molecule has 94 valence electrons. The number of methoxy groups -OCH3 is 1. The van der Waals surface area contributed by atoms with E-state index in [0.717, 1.165) is 6.42 Å². The molecule has 0 bridgehead atoms. The van der Waals surface area contributed by atoms with Crippen LogP contribution in [0.2, 0.25) is 0 Å². The molecule has 0 aliphatic rings. The number of ether oxygens (including phenoxy) is 1. The van der Waals surface area contributed by atoms with Crippen LogP contribution in [-0.2, 0) is 11.2 Å². The summed E-state index contributed by atoms with van der Waals surface area (Å²) in [6, 6.07) is 16.9. The molecule has 0 saturated carbocycles. The van der Waals surface area contributed by atoms with Gasteiger partial charge in [0.05, 0.1) is 6.10 Å². The number of hydrogen-bond donors (Lipinski definition) is 0. The molecule has 2 rings (SSSR count). The molecule has 0 radical (unpaired) electrons. The lowest BCUT2D eigenvalue weighted by atomic mass is 9.95. The fourth-order valence-electron chi connectivity index (χ4n) is 2.31. The summed E-state index contributed by atoms with van der Waals surface area (Å²) in [6.45, 7) is 4.29. The summed E-state index contributed by atoms with van der Waals surface area (Å²) >= 11 is 0. The van der Waals surface area contributed by atoms with E-state index in [4.69, 9.17) is 4.74 Å². The smallest absolute Gasteiger partial charge is 0.0864 e. The second kappa shape index (κ2) is 5.83. The van der Waals surface area contributed by atoms with Gasteiger partial charge in [-0.1, -0.05) is 48.5 Å². The second-order valence-corrected chi connectivity index (χ2v) is 4.71. The van der Waals surface area contributed by atoms with Gasteiger partial charge in [0, 0.05) is 13.5 Å². The van der Waals surface area contributed by atoms with E-state index in [9.17, 15) is 0 Å². The van der Waals surface area contributed by atoms with Gasteiger partial charge < -0.3 is 4.74 Å². The summed E-state index contributed by atoms with van der Waals surface area (Å²) in [5.74, 6) is 0. The zero-order chi connectivity index (χ0) is 13.0. The van der Waals surface area contributed by atoms with Crippen LogP contribution in [0.5, 0.6) is 0 Å². The monoisotopic (exact) mass is 240 g/mol. The van der Waals surface area contributed by atoms with Gasteiger partial charge in [0.1, 0.15) is 0 Å². The van der Waals surface area contributed by atoms with E-state index in [0.29, 0.717) is 0 Å². The third-order valence-corrected chi connectivity index (χ3v) is 3.49. The third-order valence-electron chi connectivity index (χ3n) is 3.49. The van der Waals surface area contributed by atoms with Crippen LogP contribution in [-0.4, -0.2) is 7.11 Å². The first-order valence-electron chi connectivity index (χ1n) is 6.35. The molecule has 0 saturated heterocycles. The fourth-order valence-corrected chi connectivity index (χ4v) is 2.31. The Morgan fingerprint density at radius 1 is 0.889 bits per heavy atom. The minimum absolute atomic E-state index is 0.132. The van der Waals surface area contributed by atoms with Gasteiger partial charge in [0.15, 0.2) is 0 Å². The van der Waals surface area contributed by atoms with E-state index >= 15 is 0 Å². The van der Waals surface area contributed by atoms with Crippen molar-refractivity contribution < 1.29 is 4.74 Å². The first-order valence-corrected chi connectivity index (χ1v) is 6.35. The number of benzene rings is 2. The molecule has 18 heavy (non-hydrogen) atoms. The van der Waals surface area contributed by atoms with E-state index in [1.807, 2.05) is 0 Å². The van der Waals surface area contributed by atoms with Crippen LogP contribution >= 0.6 is 0 Å². The van der Waals surface area contributed by atoms with E-state index in [2.05, 4.69) is 62.4 Å². The predicted molar refractivity (Wildman–Crippen MR) is 75.8 cm³/mol. The van der Waals surface area contributed by atoms with Crippen molar-refractivity contribution in [2.45, 2.75) is 26.4 Å². The maximum Gasteiger partial charge on any atom is 0.0864 e. The summed E-state index contributed by atoms with van der Waals surface area (Å²) < 4.78 is 5.68. The van der Waals surface area contributed by atoms with Gasteiger partial charge in [-0.05, 0) is 36.1 Å². The van der Waals surface area contributed by atoms with Crippen molar-refractivity contribution in [3.8, 4) is 0 Å². The van der Waals surface area contributed by atoms with Crippen molar-refractivity contribution in [1.29, 1.82) is 0 Å². The Balaban J connectivity index is 2.26. The molecule has 0 aliphatic heterocycles. The topological polar surface area (TPSA) is 9.23 Å². The van der Waals surface area contributed by atoms with E-state index in [1.165, 1.54) is 22.3 Å². The van der Waals surface area contributed by atoms with Gasteiger partial charge in [-0.2, -0.15) is 0 Å². The molecule has 1 nitrogen and oxygen atoms in total. The molecule has 0 heterocycles. The highest BCUT2D eigenvalue weighted by atomic mass is 16.5. The Labute approximate surface area is 109 Å². The maximum atomic E-state index is 5.68. The van der Waals surface area contributed by atoms with Crippen LogP contribution in [0.1, 0.15) is 28.4 Å². The Morgan fingerprint density at radius 2 is 1.50 bits per heavy atom. The third kappa shape index (κ3) is 2.80. The summed E-state index contributed by atoms with van der Waals surface area (Å²) in [5.41, 5.74) is 5.25. The van der Waals surface area contributed by atoms with Crippen LogP contribution in [0.15, 0.2) is 48.5 Å². The van der Waals surface area contributed by atoms with E-state index < -0.39 is 0 Å². The molecule has 2 aromatic carbocycles. The molecular formula is C17H20O. The second-order valence-electron chi connectivity index (χ2n) is 4.71. The summed E-state index contributed by atoms with van der Waals surface area (Å²) in [5, 5.41) is 0. The summed E-state index contributed by atoms with van der Waals surface area (Å²) in [6.07, 6.45) is 1.06. The van der Waals surface area contributed by atoms with Crippen LogP contribution in [0.25, 0.3) is 0 Å². The molecule has 0 amide bonds. The van der Waals surface area contributed by atoms with Gasteiger partial charge in [-0.25, -0.2) is 0 Å². The quantitative estimate of drug-likeness (QED) is 0.777. The van der Waals surface area contributed by atoms with Crippen molar-refractivity contribution in [3.63, 3.8) is 0 Å². The highest BCUT2D eigenvalue weighted by molar-refractivity contribution is 5.32. The highest BCUT2D eigenvalue weighted by Gasteiger charge is 2.14. The minimum atomic E-state index is 0.132. The molecule has 0 fully saturated rings. The number of rotatable bonds is 4. The van der Waals surface area contributed by atoms with Crippen molar-refractivity contribution >= 4 is 0 Å². The highest BCUT2D eigenvalue weighted by Crippen LogP contribution is 2.25. The van der Waals surface area contributed by atoms with Crippen LogP contribution in [0, 0.1) is 13.8 Å². The average Bonchev–Trinajstić information content (AvgIpc) is 2.39. The molecular weight excluding hydrogens is 220 g/mol.